The second-order valence-corrected chi connectivity index (χ2v) is 6.08. The predicted octanol–water partition coefficient (Wildman–Crippen LogP) is 2.27. The van der Waals surface area contributed by atoms with E-state index in [1.807, 2.05) is 7.11 Å². The minimum atomic E-state index is 0.769. The largest absolute Gasteiger partial charge is 0.384 e. The van der Waals surface area contributed by atoms with Gasteiger partial charge in [0.2, 0.25) is 0 Å². The van der Waals surface area contributed by atoms with Crippen LogP contribution in [0.15, 0.2) is 0 Å². The summed E-state index contributed by atoms with van der Waals surface area (Å²) in [6, 6.07) is 1.60. The zero-order valence-corrected chi connectivity index (χ0v) is 12.2. The van der Waals surface area contributed by atoms with Gasteiger partial charge in [0.05, 0.1) is 6.61 Å². The van der Waals surface area contributed by atoms with Gasteiger partial charge in [-0.25, -0.2) is 0 Å². The van der Waals surface area contributed by atoms with E-state index in [9.17, 15) is 0 Å². The molecule has 1 saturated carbocycles. The number of nitrogens with zero attached hydrogens (tertiary/aromatic N) is 1. The molecule has 1 saturated heterocycles. The quantitative estimate of drug-likeness (QED) is 0.787. The molecule has 2 aliphatic rings. The van der Waals surface area contributed by atoms with Crippen LogP contribution < -0.4 is 5.32 Å². The molecule has 3 atom stereocenters. The van der Waals surface area contributed by atoms with Gasteiger partial charge in [-0.2, -0.15) is 0 Å². The maximum atomic E-state index is 5.30. The van der Waals surface area contributed by atoms with E-state index in [-0.39, 0.29) is 0 Å². The maximum absolute atomic E-state index is 5.30. The van der Waals surface area contributed by atoms with Gasteiger partial charge >= 0.3 is 0 Å². The number of hydrogen-bond acceptors (Lipinski definition) is 3. The van der Waals surface area contributed by atoms with Gasteiger partial charge in [-0.15, -0.1) is 0 Å². The van der Waals surface area contributed by atoms with E-state index >= 15 is 0 Å². The van der Waals surface area contributed by atoms with Crippen molar-refractivity contribution in [1.82, 2.24) is 10.2 Å². The molecule has 0 spiro atoms. The molecule has 0 aromatic rings. The van der Waals surface area contributed by atoms with E-state index in [0.717, 1.165) is 24.6 Å². The van der Waals surface area contributed by atoms with Crippen LogP contribution in [0.1, 0.15) is 45.4 Å². The lowest BCUT2D eigenvalue weighted by Crippen LogP contribution is -2.43. The Morgan fingerprint density at radius 2 is 2.17 bits per heavy atom. The Kier molecular flexibility index (Phi) is 5.93. The Balaban J connectivity index is 1.75. The Bertz CT molecular complexity index is 235. The molecule has 3 nitrogen and oxygen atoms in total. The highest BCUT2D eigenvalue weighted by Crippen LogP contribution is 2.28. The van der Waals surface area contributed by atoms with E-state index in [0.29, 0.717) is 0 Å². The lowest BCUT2D eigenvalue weighted by molar-refractivity contribution is 0.132. The van der Waals surface area contributed by atoms with E-state index in [2.05, 4.69) is 17.1 Å². The fourth-order valence-electron chi connectivity index (χ4n) is 3.60. The summed E-state index contributed by atoms with van der Waals surface area (Å²) < 4.78 is 5.30. The summed E-state index contributed by atoms with van der Waals surface area (Å²) in [5, 5.41) is 3.71. The van der Waals surface area contributed by atoms with Crippen molar-refractivity contribution in [2.45, 2.75) is 57.5 Å². The first-order chi connectivity index (χ1) is 8.83. The molecule has 2 fully saturated rings. The van der Waals surface area contributed by atoms with Gasteiger partial charge in [0.15, 0.2) is 0 Å². The van der Waals surface area contributed by atoms with E-state index < -0.39 is 0 Å². The van der Waals surface area contributed by atoms with E-state index in [1.54, 1.807) is 0 Å². The zero-order valence-electron chi connectivity index (χ0n) is 12.2. The average molecular weight is 254 g/mol. The summed E-state index contributed by atoms with van der Waals surface area (Å²) >= 11 is 0. The van der Waals surface area contributed by atoms with Crippen molar-refractivity contribution >= 4 is 0 Å². The molecular weight excluding hydrogens is 224 g/mol. The number of rotatable bonds is 6. The van der Waals surface area contributed by atoms with Crippen molar-refractivity contribution < 1.29 is 4.74 Å². The van der Waals surface area contributed by atoms with Crippen LogP contribution >= 0.6 is 0 Å². The molecule has 1 aliphatic carbocycles. The van der Waals surface area contributed by atoms with Crippen LogP contribution in [0.3, 0.4) is 0 Å². The number of ether oxygens (including phenoxy) is 1. The van der Waals surface area contributed by atoms with Gasteiger partial charge in [0, 0.05) is 25.7 Å². The second kappa shape index (κ2) is 7.46. The average Bonchev–Trinajstić information content (AvgIpc) is 2.86. The van der Waals surface area contributed by atoms with Gasteiger partial charge in [0.1, 0.15) is 0 Å². The maximum Gasteiger partial charge on any atom is 0.0503 e. The molecule has 2 rings (SSSR count). The Morgan fingerprint density at radius 1 is 1.28 bits per heavy atom. The van der Waals surface area contributed by atoms with Gasteiger partial charge in [-0.05, 0) is 51.1 Å². The molecule has 1 N–H and O–H groups in total. The van der Waals surface area contributed by atoms with Gasteiger partial charge in [-0.3, -0.25) is 4.90 Å². The van der Waals surface area contributed by atoms with Gasteiger partial charge in [-0.1, -0.05) is 13.3 Å². The third kappa shape index (κ3) is 3.94. The summed E-state index contributed by atoms with van der Waals surface area (Å²) in [4.78, 5) is 2.73. The monoisotopic (exact) mass is 254 g/mol. The molecule has 3 heteroatoms. The minimum absolute atomic E-state index is 0.769. The molecule has 0 radical (unpaired) electrons. The van der Waals surface area contributed by atoms with Crippen molar-refractivity contribution in [3.8, 4) is 0 Å². The SMILES string of the molecule is CCCNC1CCCC(N2CCC(COC)C2)C1. The third-order valence-electron chi connectivity index (χ3n) is 4.57. The van der Waals surface area contributed by atoms with Crippen LogP contribution in [0.25, 0.3) is 0 Å². The molecule has 1 aliphatic heterocycles. The lowest BCUT2D eigenvalue weighted by Gasteiger charge is -2.36. The highest BCUT2D eigenvalue weighted by molar-refractivity contribution is 4.87. The molecule has 0 aromatic heterocycles. The number of methoxy groups -OCH3 is 1. The van der Waals surface area contributed by atoms with Crippen molar-refractivity contribution in [2.24, 2.45) is 5.92 Å². The van der Waals surface area contributed by atoms with Crippen LogP contribution in [0.4, 0.5) is 0 Å². The van der Waals surface area contributed by atoms with E-state index in [1.165, 1.54) is 58.2 Å². The predicted molar refractivity (Wildman–Crippen MR) is 75.9 cm³/mol. The topological polar surface area (TPSA) is 24.5 Å². The van der Waals surface area contributed by atoms with Crippen molar-refractivity contribution in [3.63, 3.8) is 0 Å². The summed E-state index contributed by atoms with van der Waals surface area (Å²) in [5.41, 5.74) is 0. The van der Waals surface area contributed by atoms with Crippen LogP contribution in [-0.2, 0) is 4.74 Å². The normalized spacial score (nSPS) is 34.0. The first kappa shape index (κ1) is 14.3. The van der Waals surface area contributed by atoms with Crippen LogP contribution in [-0.4, -0.2) is 50.3 Å². The molecule has 3 unspecified atom stereocenters. The molecule has 0 amide bonds. The van der Waals surface area contributed by atoms with Gasteiger partial charge < -0.3 is 10.1 Å². The Labute approximate surface area is 112 Å². The summed E-state index contributed by atoms with van der Waals surface area (Å²) in [6.07, 6.45) is 8.13. The Morgan fingerprint density at radius 3 is 2.94 bits per heavy atom. The number of hydrogen-bond donors (Lipinski definition) is 1. The molecular formula is C15H30N2O. The van der Waals surface area contributed by atoms with Gasteiger partial charge in [0.25, 0.3) is 0 Å². The molecule has 1 heterocycles. The van der Waals surface area contributed by atoms with Crippen molar-refractivity contribution in [2.75, 3.05) is 33.4 Å². The number of nitrogens with one attached hydrogen (secondary N) is 1. The molecule has 0 bridgehead atoms. The summed E-state index contributed by atoms with van der Waals surface area (Å²) in [7, 11) is 1.83. The fraction of sp³-hybridized carbons (Fsp3) is 1.00. The third-order valence-corrected chi connectivity index (χ3v) is 4.57. The van der Waals surface area contributed by atoms with E-state index in [4.69, 9.17) is 4.74 Å². The zero-order chi connectivity index (χ0) is 12.8. The molecule has 106 valence electrons. The molecule has 18 heavy (non-hydrogen) atoms. The first-order valence-corrected chi connectivity index (χ1v) is 7.79. The highest BCUT2D eigenvalue weighted by atomic mass is 16.5. The van der Waals surface area contributed by atoms with Crippen LogP contribution in [0.2, 0.25) is 0 Å². The first-order valence-electron chi connectivity index (χ1n) is 7.79. The fourth-order valence-corrected chi connectivity index (χ4v) is 3.60. The lowest BCUT2D eigenvalue weighted by atomic mass is 9.90. The minimum Gasteiger partial charge on any atom is -0.384 e. The standard InChI is InChI=1S/C15H30N2O/c1-3-8-16-14-5-4-6-15(10-14)17-9-7-13(11-17)12-18-2/h13-16H,3-12H2,1-2H3. The molecule has 0 aromatic carbocycles. The van der Waals surface area contributed by atoms with Crippen LogP contribution in [0, 0.1) is 5.92 Å². The highest BCUT2D eigenvalue weighted by Gasteiger charge is 2.31. The number of likely N-dealkylation sites (tertiary alicyclic amines) is 1. The summed E-state index contributed by atoms with van der Waals surface area (Å²) in [5.74, 6) is 0.777. The smallest absolute Gasteiger partial charge is 0.0503 e. The Hall–Kier alpha value is -0.120. The van der Waals surface area contributed by atoms with Crippen molar-refractivity contribution in [1.29, 1.82) is 0 Å². The van der Waals surface area contributed by atoms with Crippen molar-refractivity contribution in [3.05, 3.63) is 0 Å². The summed E-state index contributed by atoms with van der Waals surface area (Å²) in [6.45, 7) is 6.94. The second-order valence-electron chi connectivity index (χ2n) is 6.08. The van der Waals surface area contributed by atoms with Crippen LogP contribution in [0.5, 0.6) is 0 Å².